The summed E-state index contributed by atoms with van der Waals surface area (Å²) in [5.74, 6) is 2.59. The van der Waals surface area contributed by atoms with Crippen LogP contribution in [0, 0.1) is 30.6 Å². The fourth-order valence-electron chi connectivity index (χ4n) is 5.70. The van der Waals surface area contributed by atoms with Gasteiger partial charge in [-0.3, -0.25) is 4.79 Å². The molecule has 1 aromatic rings. The lowest BCUT2D eigenvalue weighted by atomic mass is 9.52. The van der Waals surface area contributed by atoms with Gasteiger partial charge in [-0.15, -0.1) is 0 Å². The van der Waals surface area contributed by atoms with Crippen molar-refractivity contribution in [1.29, 1.82) is 0 Å². The summed E-state index contributed by atoms with van der Waals surface area (Å²) in [4.78, 5) is 21.7. The van der Waals surface area contributed by atoms with E-state index in [2.05, 4.69) is 29.1 Å². The van der Waals surface area contributed by atoms with E-state index >= 15 is 0 Å². The molecule has 2 atom stereocenters. The quantitative estimate of drug-likeness (QED) is 0.881. The van der Waals surface area contributed by atoms with Crippen molar-refractivity contribution in [3.63, 3.8) is 0 Å². The summed E-state index contributed by atoms with van der Waals surface area (Å²) in [6.45, 7) is 6.14. The zero-order chi connectivity index (χ0) is 17.8. The molecule has 2 N–H and O–H groups in total. The number of nitrogens with one attached hydrogen (secondary N) is 1. The Morgan fingerprint density at radius 2 is 2.00 bits per heavy atom. The third-order valence-electron chi connectivity index (χ3n) is 6.37. The van der Waals surface area contributed by atoms with Crippen molar-refractivity contribution in [3.8, 4) is 0 Å². The Morgan fingerprint density at radius 3 is 2.60 bits per heavy atom. The van der Waals surface area contributed by atoms with Crippen LogP contribution in [0.5, 0.6) is 0 Å². The lowest BCUT2D eigenvalue weighted by Gasteiger charge is -2.58. The van der Waals surface area contributed by atoms with Crippen LogP contribution in [-0.2, 0) is 6.42 Å². The van der Waals surface area contributed by atoms with Gasteiger partial charge < -0.3 is 10.4 Å². The second-order valence-corrected chi connectivity index (χ2v) is 9.07. The lowest BCUT2D eigenvalue weighted by Crippen LogP contribution is -2.61. The average Bonchev–Trinajstić information content (AvgIpc) is 2.48. The molecule has 0 radical (unpaired) electrons. The summed E-state index contributed by atoms with van der Waals surface area (Å²) < 4.78 is 0. The number of nitrogens with zero attached hydrogens (tertiary/aromatic N) is 2. The summed E-state index contributed by atoms with van der Waals surface area (Å²) in [5.41, 5.74) is 1.00. The van der Waals surface area contributed by atoms with Crippen molar-refractivity contribution in [1.82, 2.24) is 15.3 Å². The molecule has 0 spiro atoms. The van der Waals surface area contributed by atoms with Crippen LogP contribution in [0.1, 0.15) is 67.8 Å². The predicted molar refractivity (Wildman–Crippen MR) is 95.1 cm³/mol. The van der Waals surface area contributed by atoms with E-state index in [1.807, 2.05) is 6.92 Å². The van der Waals surface area contributed by atoms with Crippen molar-refractivity contribution in [2.45, 2.75) is 70.9 Å². The smallest absolute Gasteiger partial charge is 0.254 e. The van der Waals surface area contributed by atoms with Gasteiger partial charge >= 0.3 is 0 Å². The highest BCUT2D eigenvalue weighted by Crippen LogP contribution is 2.55. The molecule has 4 bridgehead atoms. The maximum atomic E-state index is 13.0. The van der Waals surface area contributed by atoms with Crippen LogP contribution in [0.25, 0.3) is 0 Å². The molecule has 0 aliphatic heterocycles. The monoisotopic (exact) mass is 343 g/mol. The summed E-state index contributed by atoms with van der Waals surface area (Å²) in [6.07, 6.45) is 7.40. The topological polar surface area (TPSA) is 75.1 Å². The van der Waals surface area contributed by atoms with Crippen molar-refractivity contribution >= 4 is 5.91 Å². The molecule has 2 unspecified atom stereocenters. The first-order valence-electron chi connectivity index (χ1n) is 9.69. The van der Waals surface area contributed by atoms with Crippen LogP contribution in [-0.4, -0.2) is 32.6 Å². The highest BCUT2D eigenvalue weighted by molar-refractivity contribution is 5.95. The fraction of sp³-hybridized carbons (Fsp3) is 0.750. The van der Waals surface area contributed by atoms with Crippen LogP contribution < -0.4 is 5.32 Å². The zero-order valence-corrected chi connectivity index (χ0v) is 15.5. The van der Waals surface area contributed by atoms with Gasteiger partial charge in [0.15, 0.2) is 0 Å². The molecule has 1 aromatic heterocycles. The number of hydrogen-bond acceptors (Lipinski definition) is 4. The first-order valence-corrected chi connectivity index (χ1v) is 9.69. The highest BCUT2D eigenvalue weighted by atomic mass is 16.3. The summed E-state index contributed by atoms with van der Waals surface area (Å²) in [5, 5.41) is 14.0. The molecule has 4 fully saturated rings. The molecule has 0 aromatic carbocycles. The van der Waals surface area contributed by atoms with Gasteiger partial charge in [-0.2, -0.15) is 0 Å². The zero-order valence-electron chi connectivity index (χ0n) is 15.5. The molecule has 1 heterocycles. The maximum Gasteiger partial charge on any atom is 0.254 e. The van der Waals surface area contributed by atoms with Crippen molar-refractivity contribution < 1.29 is 9.90 Å². The number of rotatable bonds is 4. The minimum atomic E-state index is -0.465. The van der Waals surface area contributed by atoms with E-state index in [1.165, 1.54) is 0 Å². The summed E-state index contributed by atoms with van der Waals surface area (Å²) in [6, 6.07) is 0.192. The van der Waals surface area contributed by atoms with E-state index in [0.29, 0.717) is 35.1 Å². The maximum absolute atomic E-state index is 13.0. The lowest BCUT2D eigenvalue weighted by molar-refractivity contribution is -0.136. The molecule has 5 rings (SSSR count). The summed E-state index contributed by atoms with van der Waals surface area (Å²) >= 11 is 0. The van der Waals surface area contributed by atoms with Crippen LogP contribution in [0.4, 0.5) is 0 Å². The Morgan fingerprint density at radius 1 is 1.32 bits per heavy atom. The molecule has 5 heteroatoms. The minimum Gasteiger partial charge on any atom is -0.390 e. The standard InChI is InChI=1S/C20H29N3O2/c1-11(2)4-17-16(10-21-12(3)22-17)19(24)23-18-14-5-13-6-15(18)9-20(25,7-13)8-14/h10-11,13-15,18,25H,4-9H2,1-3H3,(H,23,24)/t13?,14?,15?,18-,20+. The Balaban J connectivity index is 1.53. The third kappa shape index (κ3) is 3.19. The van der Waals surface area contributed by atoms with Gasteiger partial charge in [0.2, 0.25) is 0 Å². The molecule has 5 nitrogen and oxygen atoms in total. The van der Waals surface area contributed by atoms with E-state index in [0.717, 1.165) is 44.2 Å². The van der Waals surface area contributed by atoms with Crippen LogP contribution in [0.15, 0.2) is 6.20 Å². The number of aliphatic hydroxyl groups is 1. The molecular formula is C20H29N3O2. The number of aryl methyl sites for hydroxylation is 1. The van der Waals surface area contributed by atoms with Crippen molar-refractivity contribution in [2.75, 3.05) is 0 Å². The number of amides is 1. The second kappa shape index (κ2) is 6.04. The Labute approximate surface area is 149 Å². The Kier molecular flexibility index (Phi) is 4.10. The summed E-state index contributed by atoms with van der Waals surface area (Å²) in [7, 11) is 0. The molecule has 4 aliphatic carbocycles. The van der Waals surface area contributed by atoms with Crippen molar-refractivity contribution in [3.05, 3.63) is 23.3 Å². The van der Waals surface area contributed by atoms with Crippen LogP contribution >= 0.6 is 0 Å². The SMILES string of the molecule is Cc1ncc(C(=O)N[C@H]2C3CC4CC2C[C@@](O)(C4)C3)c(CC(C)C)n1. The molecule has 4 aliphatic rings. The van der Waals surface area contributed by atoms with E-state index in [4.69, 9.17) is 0 Å². The second-order valence-electron chi connectivity index (χ2n) is 9.07. The minimum absolute atomic E-state index is 0.0416. The Bertz CT molecular complexity index is 672. The number of carbonyl (C=O) groups is 1. The third-order valence-corrected chi connectivity index (χ3v) is 6.37. The fourth-order valence-corrected chi connectivity index (χ4v) is 5.70. The molecule has 1 amide bonds. The van der Waals surface area contributed by atoms with Gasteiger partial charge in [-0.1, -0.05) is 13.8 Å². The first-order chi connectivity index (χ1) is 11.8. The van der Waals surface area contributed by atoms with E-state index in [-0.39, 0.29) is 11.9 Å². The van der Waals surface area contributed by atoms with Crippen molar-refractivity contribution in [2.24, 2.45) is 23.7 Å². The van der Waals surface area contributed by atoms with E-state index < -0.39 is 5.60 Å². The van der Waals surface area contributed by atoms with Crippen LogP contribution in [0.3, 0.4) is 0 Å². The molecule has 25 heavy (non-hydrogen) atoms. The van der Waals surface area contributed by atoms with Gasteiger partial charge in [-0.05, 0) is 69.1 Å². The Hall–Kier alpha value is -1.49. The normalized spacial score (nSPS) is 36.0. The van der Waals surface area contributed by atoms with Gasteiger partial charge in [0, 0.05) is 12.2 Å². The number of aromatic nitrogens is 2. The van der Waals surface area contributed by atoms with E-state index in [9.17, 15) is 9.90 Å². The van der Waals surface area contributed by atoms with Gasteiger partial charge in [0.25, 0.3) is 5.91 Å². The predicted octanol–water partition coefficient (Wildman–Crippen LogP) is 2.65. The average molecular weight is 343 g/mol. The molecule has 136 valence electrons. The highest BCUT2D eigenvalue weighted by Gasteiger charge is 2.55. The number of carbonyl (C=O) groups excluding carboxylic acids is 1. The van der Waals surface area contributed by atoms with Crippen LogP contribution in [0.2, 0.25) is 0 Å². The van der Waals surface area contributed by atoms with Gasteiger partial charge in [0.05, 0.1) is 16.9 Å². The largest absolute Gasteiger partial charge is 0.390 e. The van der Waals surface area contributed by atoms with Gasteiger partial charge in [0.1, 0.15) is 5.82 Å². The molecule has 0 saturated heterocycles. The molecular weight excluding hydrogens is 314 g/mol. The first kappa shape index (κ1) is 17.0. The molecule has 4 saturated carbocycles. The number of hydrogen-bond donors (Lipinski definition) is 2. The van der Waals surface area contributed by atoms with E-state index in [1.54, 1.807) is 6.20 Å². The van der Waals surface area contributed by atoms with Gasteiger partial charge in [-0.25, -0.2) is 9.97 Å².